The Morgan fingerprint density at radius 2 is 1.92 bits per heavy atom. The van der Waals surface area contributed by atoms with Crippen molar-refractivity contribution in [2.45, 2.75) is 6.92 Å². The van der Waals surface area contributed by atoms with Crippen molar-refractivity contribution in [2.75, 3.05) is 7.11 Å². The first-order chi connectivity index (χ1) is 6.24. The highest BCUT2D eigenvalue weighted by molar-refractivity contribution is 5.92. The first-order valence-electron chi connectivity index (χ1n) is 4.05. The molecule has 0 amide bonds. The Balaban J connectivity index is 2.83. The van der Waals surface area contributed by atoms with Gasteiger partial charge in [-0.25, -0.2) is 4.79 Å². The number of ether oxygens (including phenoxy) is 1. The van der Waals surface area contributed by atoms with Gasteiger partial charge in [-0.2, -0.15) is 0 Å². The number of hydrogen-bond acceptors (Lipinski definition) is 2. The van der Waals surface area contributed by atoms with Gasteiger partial charge in [-0.3, -0.25) is 0 Å². The molecule has 1 aromatic carbocycles. The fourth-order valence-electron chi connectivity index (χ4n) is 1.02. The monoisotopic (exact) mass is 176 g/mol. The molecule has 0 fully saturated rings. The molecule has 0 bridgehead atoms. The van der Waals surface area contributed by atoms with E-state index in [0.717, 1.165) is 5.56 Å². The zero-order valence-corrected chi connectivity index (χ0v) is 7.78. The largest absolute Gasteiger partial charge is 0.466 e. The SMILES string of the molecule is COC(=O)/C(C)=C/c1ccccc1. The summed E-state index contributed by atoms with van der Waals surface area (Å²) >= 11 is 0. The maximum Gasteiger partial charge on any atom is 0.333 e. The Hall–Kier alpha value is -1.57. The van der Waals surface area contributed by atoms with E-state index in [4.69, 9.17) is 0 Å². The highest BCUT2D eigenvalue weighted by Gasteiger charge is 2.01. The Kier molecular flexibility index (Phi) is 3.26. The van der Waals surface area contributed by atoms with Crippen molar-refractivity contribution in [3.05, 3.63) is 41.5 Å². The van der Waals surface area contributed by atoms with Crippen LogP contribution in [0, 0.1) is 0 Å². The van der Waals surface area contributed by atoms with Gasteiger partial charge in [0, 0.05) is 5.57 Å². The number of rotatable bonds is 2. The summed E-state index contributed by atoms with van der Waals surface area (Å²) in [5, 5.41) is 0. The minimum atomic E-state index is -0.288. The zero-order chi connectivity index (χ0) is 9.68. The maximum absolute atomic E-state index is 11.0. The fourth-order valence-corrected chi connectivity index (χ4v) is 1.02. The average Bonchev–Trinajstić information content (AvgIpc) is 2.18. The number of hydrogen-bond donors (Lipinski definition) is 0. The van der Waals surface area contributed by atoms with Gasteiger partial charge < -0.3 is 4.74 Å². The summed E-state index contributed by atoms with van der Waals surface area (Å²) < 4.78 is 4.58. The highest BCUT2D eigenvalue weighted by Crippen LogP contribution is 2.06. The molecular weight excluding hydrogens is 164 g/mol. The van der Waals surface area contributed by atoms with Crippen molar-refractivity contribution in [3.8, 4) is 0 Å². The van der Waals surface area contributed by atoms with E-state index < -0.39 is 0 Å². The molecule has 2 nitrogen and oxygen atoms in total. The molecule has 2 heteroatoms. The molecule has 1 aromatic rings. The van der Waals surface area contributed by atoms with Crippen molar-refractivity contribution in [2.24, 2.45) is 0 Å². The first-order valence-corrected chi connectivity index (χ1v) is 4.05. The lowest BCUT2D eigenvalue weighted by atomic mass is 10.1. The van der Waals surface area contributed by atoms with Gasteiger partial charge >= 0.3 is 5.97 Å². The summed E-state index contributed by atoms with van der Waals surface area (Å²) in [6, 6.07) is 9.66. The third-order valence-electron chi connectivity index (χ3n) is 1.69. The predicted molar refractivity (Wildman–Crippen MR) is 52.1 cm³/mol. The third-order valence-corrected chi connectivity index (χ3v) is 1.69. The quantitative estimate of drug-likeness (QED) is 0.510. The normalized spacial score (nSPS) is 11.1. The smallest absolute Gasteiger partial charge is 0.333 e. The number of carbonyl (C=O) groups is 1. The van der Waals surface area contributed by atoms with Gasteiger partial charge in [0.05, 0.1) is 7.11 Å². The topological polar surface area (TPSA) is 26.3 Å². The second-order valence-electron chi connectivity index (χ2n) is 2.73. The molecule has 68 valence electrons. The molecule has 0 N–H and O–H groups in total. The van der Waals surface area contributed by atoms with Crippen LogP contribution in [0.2, 0.25) is 0 Å². The summed E-state index contributed by atoms with van der Waals surface area (Å²) in [5.41, 5.74) is 1.61. The summed E-state index contributed by atoms with van der Waals surface area (Å²) in [7, 11) is 1.38. The van der Waals surface area contributed by atoms with Gasteiger partial charge in [0.2, 0.25) is 0 Å². The van der Waals surface area contributed by atoms with Gasteiger partial charge in [0.15, 0.2) is 0 Å². The van der Waals surface area contributed by atoms with Crippen LogP contribution in [0.1, 0.15) is 12.5 Å². The molecule has 0 spiro atoms. The molecule has 0 saturated carbocycles. The lowest BCUT2D eigenvalue weighted by molar-refractivity contribution is -0.135. The van der Waals surface area contributed by atoms with Crippen LogP contribution in [0.15, 0.2) is 35.9 Å². The summed E-state index contributed by atoms with van der Waals surface area (Å²) in [5.74, 6) is -0.288. The maximum atomic E-state index is 11.0. The van der Waals surface area contributed by atoms with E-state index in [1.807, 2.05) is 30.3 Å². The van der Waals surface area contributed by atoms with Crippen LogP contribution in [0.3, 0.4) is 0 Å². The molecule has 0 heterocycles. The van der Waals surface area contributed by atoms with E-state index in [1.165, 1.54) is 7.11 Å². The lowest BCUT2D eigenvalue weighted by Gasteiger charge is -1.98. The molecule has 0 aromatic heterocycles. The summed E-state index contributed by atoms with van der Waals surface area (Å²) in [6.07, 6.45) is 1.80. The van der Waals surface area contributed by atoms with Crippen molar-refractivity contribution < 1.29 is 9.53 Å². The van der Waals surface area contributed by atoms with Gasteiger partial charge in [-0.05, 0) is 18.6 Å². The molecule has 0 aliphatic carbocycles. The third kappa shape index (κ3) is 2.75. The second-order valence-corrected chi connectivity index (χ2v) is 2.73. The van der Waals surface area contributed by atoms with Crippen molar-refractivity contribution >= 4 is 12.0 Å². The van der Waals surface area contributed by atoms with Gasteiger partial charge in [-0.15, -0.1) is 0 Å². The number of carbonyl (C=O) groups excluding carboxylic acids is 1. The number of methoxy groups -OCH3 is 1. The van der Waals surface area contributed by atoms with Crippen molar-refractivity contribution in [3.63, 3.8) is 0 Å². The predicted octanol–water partition coefficient (Wildman–Crippen LogP) is 2.26. The highest BCUT2D eigenvalue weighted by atomic mass is 16.5. The average molecular weight is 176 g/mol. The Labute approximate surface area is 77.8 Å². The van der Waals surface area contributed by atoms with Crippen molar-refractivity contribution in [1.29, 1.82) is 0 Å². The van der Waals surface area contributed by atoms with E-state index in [0.29, 0.717) is 5.57 Å². The van der Waals surface area contributed by atoms with Crippen LogP contribution in [-0.4, -0.2) is 13.1 Å². The molecule has 0 radical (unpaired) electrons. The van der Waals surface area contributed by atoms with E-state index in [1.54, 1.807) is 13.0 Å². The number of esters is 1. The Morgan fingerprint density at radius 3 is 2.46 bits per heavy atom. The Bertz CT molecular complexity index is 312. The second kappa shape index (κ2) is 4.45. The van der Waals surface area contributed by atoms with Crippen LogP contribution in [0.4, 0.5) is 0 Å². The molecule has 1 rings (SSSR count). The molecule has 0 aliphatic rings. The van der Waals surface area contributed by atoms with Gasteiger partial charge in [-0.1, -0.05) is 30.3 Å². The van der Waals surface area contributed by atoms with Crippen LogP contribution < -0.4 is 0 Å². The van der Waals surface area contributed by atoms with Crippen molar-refractivity contribution in [1.82, 2.24) is 0 Å². The molecule has 0 unspecified atom stereocenters. The van der Waals surface area contributed by atoms with Crippen LogP contribution in [0.5, 0.6) is 0 Å². The zero-order valence-electron chi connectivity index (χ0n) is 7.78. The minimum Gasteiger partial charge on any atom is -0.466 e. The van der Waals surface area contributed by atoms with E-state index >= 15 is 0 Å². The molecule has 0 atom stereocenters. The van der Waals surface area contributed by atoms with Crippen LogP contribution in [-0.2, 0) is 9.53 Å². The minimum absolute atomic E-state index is 0.288. The van der Waals surface area contributed by atoms with Gasteiger partial charge in [0.1, 0.15) is 0 Å². The summed E-state index contributed by atoms with van der Waals surface area (Å²) in [4.78, 5) is 11.0. The lowest BCUT2D eigenvalue weighted by Crippen LogP contribution is -2.00. The Morgan fingerprint density at radius 1 is 1.31 bits per heavy atom. The van der Waals surface area contributed by atoms with E-state index in [9.17, 15) is 4.79 Å². The molecule has 0 aliphatic heterocycles. The standard InChI is InChI=1S/C11H12O2/c1-9(11(12)13-2)8-10-6-4-3-5-7-10/h3-8H,1-2H3/b9-8+. The van der Waals surface area contributed by atoms with Crippen LogP contribution in [0.25, 0.3) is 6.08 Å². The van der Waals surface area contributed by atoms with E-state index in [2.05, 4.69) is 4.74 Å². The van der Waals surface area contributed by atoms with E-state index in [-0.39, 0.29) is 5.97 Å². The van der Waals surface area contributed by atoms with Gasteiger partial charge in [0.25, 0.3) is 0 Å². The van der Waals surface area contributed by atoms with Crippen LogP contribution >= 0.6 is 0 Å². The number of benzene rings is 1. The molecular formula is C11H12O2. The first kappa shape index (κ1) is 9.52. The molecule has 13 heavy (non-hydrogen) atoms. The molecule has 0 saturated heterocycles. The fraction of sp³-hybridized carbons (Fsp3) is 0.182. The summed E-state index contributed by atoms with van der Waals surface area (Å²) in [6.45, 7) is 1.73.